The van der Waals surface area contributed by atoms with Crippen LogP contribution in [0, 0.1) is 0 Å². The number of hydrogen-bond acceptors (Lipinski definition) is 4. The Labute approximate surface area is 103 Å². The summed E-state index contributed by atoms with van der Waals surface area (Å²) in [5.74, 6) is 2.22. The molecular formula is C12H24N2OS. The zero-order valence-electron chi connectivity index (χ0n) is 10.4. The highest BCUT2D eigenvalue weighted by atomic mass is 32.2. The Bertz CT molecular complexity index is 221. The monoisotopic (exact) mass is 244 g/mol. The van der Waals surface area contributed by atoms with Crippen LogP contribution in [-0.4, -0.2) is 59.3 Å². The second kappa shape index (κ2) is 5.25. The lowest BCUT2D eigenvalue weighted by molar-refractivity contribution is 0.0299. The van der Waals surface area contributed by atoms with E-state index < -0.39 is 5.60 Å². The molecular weight excluding hydrogens is 220 g/mol. The highest BCUT2D eigenvalue weighted by Crippen LogP contribution is 2.26. The Hall–Kier alpha value is 0.230. The summed E-state index contributed by atoms with van der Waals surface area (Å²) < 4.78 is 0. The molecule has 2 heterocycles. The number of nitrogens with zero attached hydrogens (tertiary/aromatic N) is 1. The van der Waals surface area contributed by atoms with Gasteiger partial charge in [0.05, 0.1) is 5.60 Å². The van der Waals surface area contributed by atoms with Crippen molar-refractivity contribution in [2.24, 2.45) is 0 Å². The average Bonchev–Trinajstić information content (AvgIpc) is 2.57. The molecule has 3 nitrogen and oxygen atoms in total. The van der Waals surface area contributed by atoms with E-state index in [9.17, 15) is 5.11 Å². The first-order valence-electron chi connectivity index (χ1n) is 6.33. The van der Waals surface area contributed by atoms with Gasteiger partial charge in [0.25, 0.3) is 0 Å². The van der Waals surface area contributed by atoms with Crippen molar-refractivity contribution in [3.05, 3.63) is 0 Å². The molecule has 0 aromatic heterocycles. The number of rotatable bonds is 3. The first-order chi connectivity index (χ1) is 7.59. The molecule has 0 radical (unpaired) electrons. The molecule has 0 aliphatic carbocycles. The van der Waals surface area contributed by atoms with Gasteiger partial charge in [-0.2, -0.15) is 11.8 Å². The maximum absolute atomic E-state index is 10.4. The minimum absolute atomic E-state index is 0.435. The molecule has 2 atom stereocenters. The maximum atomic E-state index is 10.4. The first kappa shape index (κ1) is 12.7. The van der Waals surface area contributed by atoms with Crippen molar-refractivity contribution in [3.8, 4) is 0 Å². The van der Waals surface area contributed by atoms with Crippen LogP contribution in [0.2, 0.25) is 0 Å². The molecule has 0 saturated carbocycles. The number of likely N-dealkylation sites (N-methyl/N-ethyl adjacent to an activating group) is 1. The fourth-order valence-electron chi connectivity index (χ4n) is 2.60. The second-order valence-electron chi connectivity index (χ2n) is 5.44. The summed E-state index contributed by atoms with van der Waals surface area (Å²) in [7, 11) is 2.18. The molecule has 4 heteroatoms. The minimum atomic E-state index is -0.435. The van der Waals surface area contributed by atoms with Crippen LogP contribution >= 0.6 is 11.8 Å². The third-order valence-corrected chi connectivity index (χ3v) is 5.02. The van der Waals surface area contributed by atoms with E-state index in [1.54, 1.807) is 0 Å². The minimum Gasteiger partial charge on any atom is -0.389 e. The maximum Gasteiger partial charge on any atom is 0.0787 e. The molecule has 0 aromatic rings. The van der Waals surface area contributed by atoms with Crippen LogP contribution < -0.4 is 5.32 Å². The third-order valence-electron chi connectivity index (χ3n) is 4.03. The average molecular weight is 244 g/mol. The van der Waals surface area contributed by atoms with Gasteiger partial charge in [0.1, 0.15) is 0 Å². The van der Waals surface area contributed by atoms with Crippen LogP contribution in [0.15, 0.2) is 0 Å². The van der Waals surface area contributed by atoms with Crippen LogP contribution in [0.3, 0.4) is 0 Å². The van der Waals surface area contributed by atoms with Crippen LogP contribution in [0.4, 0.5) is 0 Å². The van der Waals surface area contributed by atoms with Gasteiger partial charge in [-0.3, -0.25) is 0 Å². The quantitative estimate of drug-likeness (QED) is 0.774. The fourth-order valence-corrected chi connectivity index (χ4v) is 3.86. The van der Waals surface area contributed by atoms with Crippen molar-refractivity contribution < 1.29 is 5.11 Å². The van der Waals surface area contributed by atoms with Crippen molar-refractivity contribution in [1.82, 2.24) is 10.2 Å². The van der Waals surface area contributed by atoms with Gasteiger partial charge in [0.2, 0.25) is 0 Å². The van der Waals surface area contributed by atoms with Gasteiger partial charge in [0, 0.05) is 25.2 Å². The standard InChI is InChI=1S/C12H24N2OS/c1-10-7-11(8-14(10)2)13-9-12(15)3-5-16-6-4-12/h10-11,13,15H,3-9H2,1-2H3. The molecule has 94 valence electrons. The predicted molar refractivity (Wildman–Crippen MR) is 70.0 cm³/mol. The summed E-state index contributed by atoms with van der Waals surface area (Å²) in [5, 5.41) is 13.9. The molecule has 0 spiro atoms. The molecule has 0 aromatic carbocycles. The number of thioether (sulfide) groups is 1. The second-order valence-corrected chi connectivity index (χ2v) is 6.66. The van der Waals surface area contributed by atoms with E-state index in [1.165, 1.54) is 6.42 Å². The van der Waals surface area contributed by atoms with E-state index in [1.807, 2.05) is 11.8 Å². The third kappa shape index (κ3) is 3.13. The van der Waals surface area contributed by atoms with Crippen LogP contribution in [-0.2, 0) is 0 Å². The molecule has 0 bridgehead atoms. The van der Waals surface area contributed by atoms with E-state index in [2.05, 4.69) is 24.2 Å². The lowest BCUT2D eigenvalue weighted by atomic mass is 9.96. The smallest absolute Gasteiger partial charge is 0.0787 e. The fraction of sp³-hybridized carbons (Fsp3) is 1.00. The lowest BCUT2D eigenvalue weighted by Gasteiger charge is -2.33. The van der Waals surface area contributed by atoms with Gasteiger partial charge in [-0.05, 0) is 44.7 Å². The highest BCUT2D eigenvalue weighted by Gasteiger charge is 2.32. The molecule has 2 rings (SSSR count). The van der Waals surface area contributed by atoms with Crippen molar-refractivity contribution in [2.45, 2.75) is 43.9 Å². The van der Waals surface area contributed by atoms with Crippen LogP contribution in [0.25, 0.3) is 0 Å². The zero-order valence-corrected chi connectivity index (χ0v) is 11.2. The Kier molecular flexibility index (Phi) is 4.16. The van der Waals surface area contributed by atoms with Gasteiger partial charge >= 0.3 is 0 Å². The molecule has 0 amide bonds. The first-order valence-corrected chi connectivity index (χ1v) is 7.48. The summed E-state index contributed by atoms with van der Waals surface area (Å²) >= 11 is 1.96. The SMILES string of the molecule is CC1CC(NCC2(O)CCSCC2)CN1C. The topological polar surface area (TPSA) is 35.5 Å². The molecule has 2 saturated heterocycles. The molecule has 2 aliphatic rings. The number of hydrogen-bond donors (Lipinski definition) is 2. The van der Waals surface area contributed by atoms with E-state index >= 15 is 0 Å². The van der Waals surface area contributed by atoms with Gasteiger partial charge in [-0.1, -0.05) is 0 Å². The van der Waals surface area contributed by atoms with Crippen LogP contribution in [0.1, 0.15) is 26.2 Å². The lowest BCUT2D eigenvalue weighted by Crippen LogP contribution is -2.47. The summed E-state index contributed by atoms with van der Waals surface area (Å²) in [6.07, 6.45) is 3.10. The summed E-state index contributed by atoms with van der Waals surface area (Å²) in [4.78, 5) is 2.39. The van der Waals surface area contributed by atoms with Crippen molar-refractivity contribution in [2.75, 3.05) is 31.6 Å². The van der Waals surface area contributed by atoms with E-state index in [0.717, 1.165) is 37.4 Å². The molecule has 2 fully saturated rings. The van der Waals surface area contributed by atoms with Crippen molar-refractivity contribution in [3.63, 3.8) is 0 Å². The molecule has 2 unspecified atom stereocenters. The van der Waals surface area contributed by atoms with Gasteiger partial charge in [-0.15, -0.1) is 0 Å². The molecule has 16 heavy (non-hydrogen) atoms. The van der Waals surface area contributed by atoms with Crippen LogP contribution in [0.5, 0.6) is 0 Å². The van der Waals surface area contributed by atoms with Crippen molar-refractivity contribution >= 4 is 11.8 Å². The Morgan fingerprint density at radius 2 is 2.12 bits per heavy atom. The van der Waals surface area contributed by atoms with E-state index in [-0.39, 0.29) is 0 Å². The largest absolute Gasteiger partial charge is 0.389 e. The molecule has 2 N–H and O–H groups in total. The van der Waals surface area contributed by atoms with Crippen molar-refractivity contribution in [1.29, 1.82) is 0 Å². The summed E-state index contributed by atoms with van der Waals surface area (Å²) in [5.41, 5.74) is -0.435. The summed E-state index contributed by atoms with van der Waals surface area (Å²) in [6.45, 7) is 4.17. The zero-order chi connectivity index (χ0) is 11.6. The number of likely N-dealkylation sites (tertiary alicyclic amines) is 1. The van der Waals surface area contributed by atoms with E-state index in [4.69, 9.17) is 0 Å². The van der Waals surface area contributed by atoms with Gasteiger partial charge in [0.15, 0.2) is 0 Å². The Morgan fingerprint density at radius 3 is 2.69 bits per heavy atom. The van der Waals surface area contributed by atoms with Gasteiger partial charge < -0.3 is 15.3 Å². The number of nitrogens with one attached hydrogen (secondary N) is 1. The Balaban J connectivity index is 1.74. The molecule has 2 aliphatic heterocycles. The Morgan fingerprint density at radius 1 is 1.44 bits per heavy atom. The summed E-state index contributed by atoms with van der Waals surface area (Å²) in [6, 6.07) is 1.24. The number of aliphatic hydroxyl groups is 1. The highest BCUT2D eigenvalue weighted by molar-refractivity contribution is 7.99. The predicted octanol–water partition coefficient (Wildman–Crippen LogP) is 0.927. The van der Waals surface area contributed by atoms with Gasteiger partial charge in [-0.25, -0.2) is 0 Å². The van der Waals surface area contributed by atoms with E-state index in [0.29, 0.717) is 12.1 Å². The normalized spacial score (nSPS) is 35.4.